The maximum absolute atomic E-state index is 12.0. The van der Waals surface area contributed by atoms with Crippen molar-refractivity contribution < 1.29 is 8.42 Å². The average Bonchev–Trinajstić information content (AvgIpc) is 2.84. The molecule has 1 aliphatic rings. The number of hydrogen-bond donors (Lipinski definition) is 1. The van der Waals surface area contributed by atoms with E-state index in [1.165, 1.54) is 25.7 Å². The van der Waals surface area contributed by atoms with E-state index in [0.717, 1.165) is 4.90 Å². The van der Waals surface area contributed by atoms with Crippen LogP contribution in [0.2, 0.25) is 0 Å². The van der Waals surface area contributed by atoms with Gasteiger partial charge in [0.2, 0.25) is 10.0 Å². The van der Waals surface area contributed by atoms with Gasteiger partial charge in [-0.05, 0) is 38.8 Å². The summed E-state index contributed by atoms with van der Waals surface area (Å²) in [6.45, 7) is 3.38. The van der Waals surface area contributed by atoms with Crippen LogP contribution >= 0.6 is 11.8 Å². The molecule has 3 nitrogen and oxygen atoms in total. The zero-order chi connectivity index (χ0) is 13.9. The average molecular weight is 299 g/mol. The smallest absolute Gasteiger partial charge is 0.235 e. The van der Waals surface area contributed by atoms with Crippen LogP contribution in [0.15, 0.2) is 29.2 Å². The fourth-order valence-corrected chi connectivity index (χ4v) is 4.23. The lowest BCUT2D eigenvalue weighted by molar-refractivity contribution is 0.592. The first-order chi connectivity index (χ1) is 8.99. The van der Waals surface area contributed by atoms with Crippen molar-refractivity contribution >= 4 is 27.5 Å². The second-order valence-electron chi connectivity index (χ2n) is 5.22. The first-order valence-corrected chi connectivity index (χ1v) is 9.19. The Labute approximate surface area is 120 Å². The third-order valence-electron chi connectivity index (χ3n) is 3.36. The molecule has 0 unspecified atom stereocenters. The van der Waals surface area contributed by atoms with Gasteiger partial charge in [-0.15, -0.1) is 11.8 Å². The standard InChI is InChI=1S/C14H21NO2S2/c1-11(2)19(16,17)15-13-9-5-6-10-14(13)18-12-7-3-4-8-12/h5-6,9-12,15H,3-4,7-8H2,1-2H3. The highest BCUT2D eigenvalue weighted by molar-refractivity contribution is 8.00. The van der Waals surface area contributed by atoms with Crippen molar-refractivity contribution in [1.29, 1.82) is 0 Å². The zero-order valence-corrected chi connectivity index (χ0v) is 13.1. The first kappa shape index (κ1) is 14.7. The van der Waals surface area contributed by atoms with Crippen LogP contribution in [0.1, 0.15) is 39.5 Å². The summed E-state index contributed by atoms with van der Waals surface area (Å²) in [6, 6.07) is 7.68. The lowest BCUT2D eigenvalue weighted by Crippen LogP contribution is -2.22. The molecule has 0 aromatic heterocycles. The van der Waals surface area contributed by atoms with Crippen molar-refractivity contribution in [2.75, 3.05) is 4.72 Å². The van der Waals surface area contributed by atoms with Crippen LogP contribution in [0, 0.1) is 0 Å². The molecular formula is C14H21NO2S2. The predicted molar refractivity (Wildman–Crippen MR) is 82.2 cm³/mol. The summed E-state index contributed by atoms with van der Waals surface area (Å²) in [5, 5.41) is 0.210. The Morgan fingerprint density at radius 1 is 1.21 bits per heavy atom. The Morgan fingerprint density at radius 3 is 2.47 bits per heavy atom. The van der Waals surface area contributed by atoms with Crippen molar-refractivity contribution in [3.05, 3.63) is 24.3 Å². The van der Waals surface area contributed by atoms with Gasteiger partial charge < -0.3 is 0 Å². The number of rotatable bonds is 5. The summed E-state index contributed by atoms with van der Waals surface area (Å²) in [4.78, 5) is 1.04. The van der Waals surface area contributed by atoms with Crippen molar-refractivity contribution in [3.63, 3.8) is 0 Å². The number of thioether (sulfide) groups is 1. The number of nitrogens with one attached hydrogen (secondary N) is 1. The summed E-state index contributed by atoms with van der Waals surface area (Å²) in [7, 11) is -3.27. The molecule has 0 radical (unpaired) electrons. The molecule has 0 atom stereocenters. The van der Waals surface area contributed by atoms with Crippen molar-refractivity contribution in [1.82, 2.24) is 0 Å². The van der Waals surface area contributed by atoms with Gasteiger partial charge in [-0.3, -0.25) is 4.72 Å². The zero-order valence-electron chi connectivity index (χ0n) is 11.4. The molecule has 5 heteroatoms. The highest BCUT2D eigenvalue weighted by atomic mass is 32.2. The van der Waals surface area contributed by atoms with E-state index in [2.05, 4.69) is 4.72 Å². The summed E-state index contributed by atoms with van der Waals surface area (Å²) < 4.78 is 26.6. The quantitative estimate of drug-likeness (QED) is 0.897. The number of anilines is 1. The molecule has 1 N–H and O–H groups in total. The predicted octanol–water partition coefficient (Wildman–Crippen LogP) is 3.87. The van der Waals surface area contributed by atoms with E-state index in [9.17, 15) is 8.42 Å². The minimum absolute atomic E-state index is 0.419. The van der Waals surface area contributed by atoms with Gasteiger partial charge in [0.15, 0.2) is 0 Å². The van der Waals surface area contributed by atoms with Crippen molar-refractivity contribution in [3.8, 4) is 0 Å². The Balaban J connectivity index is 2.16. The number of sulfonamides is 1. The van der Waals surface area contributed by atoms with Gasteiger partial charge in [-0.1, -0.05) is 25.0 Å². The Hall–Kier alpha value is -0.680. The van der Waals surface area contributed by atoms with Gasteiger partial charge >= 0.3 is 0 Å². The van der Waals surface area contributed by atoms with Gasteiger partial charge in [-0.2, -0.15) is 0 Å². The van der Waals surface area contributed by atoms with E-state index in [0.29, 0.717) is 10.9 Å². The molecule has 0 aliphatic heterocycles. The topological polar surface area (TPSA) is 46.2 Å². The molecule has 0 heterocycles. The van der Waals surface area contributed by atoms with Crippen LogP contribution in [0.3, 0.4) is 0 Å². The van der Waals surface area contributed by atoms with Crippen LogP contribution < -0.4 is 4.72 Å². The molecule has 1 fully saturated rings. The molecule has 0 saturated heterocycles. The van der Waals surface area contributed by atoms with Gasteiger partial charge in [0, 0.05) is 10.1 Å². The van der Waals surface area contributed by atoms with E-state index >= 15 is 0 Å². The minimum Gasteiger partial charge on any atom is -0.282 e. The monoisotopic (exact) mass is 299 g/mol. The van der Waals surface area contributed by atoms with Crippen LogP contribution in [-0.4, -0.2) is 18.9 Å². The Morgan fingerprint density at radius 2 is 1.84 bits per heavy atom. The van der Waals surface area contributed by atoms with Gasteiger partial charge in [0.1, 0.15) is 0 Å². The van der Waals surface area contributed by atoms with E-state index in [-0.39, 0.29) is 0 Å². The molecule has 1 aromatic rings. The second kappa shape index (κ2) is 6.18. The van der Waals surface area contributed by atoms with Crippen LogP contribution in [0.5, 0.6) is 0 Å². The lowest BCUT2D eigenvalue weighted by Gasteiger charge is -2.16. The number of para-hydroxylation sites is 1. The molecule has 0 amide bonds. The molecule has 19 heavy (non-hydrogen) atoms. The Kier molecular flexibility index (Phi) is 4.79. The van der Waals surface area contributed by atoms with E-state index in [4.69, 9.17) is 0 Å². The SMILES string of the molecule is CC(C)S(=O)(=O)Nc1ccccc1SC1CCCC1. The minimum atomic E-state index is -3.27. The third kappa shape index (κ3) is 3.89. The van der Waals surface area contributed by atoms with Crippen LogP contribution in [0.25, 0.3) is 0 Å². The number of hydrogen-bond acceptors (Lipinski definition) is 3. The summed E-state index contributed by atoms with van der Waals surface area (Å²) in [5.41, 5.74) is 0.716. The molecule has 0 spiro atoms. The van der Waals surface area contributed by atoms with E-state index in [1.807, 2.05) is 24.3 Å². The molecule has 0 bridgehead atoms. The third-order valence-corrected chi connectivity index (χ3v) is 6.52. The molecule has 2 rings (SSSR count). The van der Waals surface area contributed by atoms with Crippen LogP contribution in [-0.2, 0) is 10.0 Å². The lowest BCUT2D eigenvalue weighted by atomic mass is 10.3. The van der Waals surface area contributed by atoms with Gasteiger partial charge in [0.25, 0.3) is 0 Å². The second-order valence-corrected chi connectivity index (χ2v) is 8.80. The normalized spacial score (nSPS) is 17.0. The fraction of sp³-hybridized carbons (Fsp3) is 0.571. The number of benzene rings is 1. The summed E-state index contributed by atoms with van der Waals surface area (Å²) in [5.74, 6) is 0. The maximum atomic E-state index is 12.0. The highest BCUT2D eigenvalue weighted by Gasteiger charge is 2.20. The van der Waals surface area contributed by atoms with Crippen molar-refractivity contribution in [2.45, 2.75) is 54.9 Å². The fourth-order valence-electron chi connectivity index (χ4n) is 2.11. The molecule has 1 saturated carbocycles. The summed E-state index contributed by atoms with van der Waals surface area (Å²) in [6.07, 6.45) is 5.04. The van der Waals surface area contributed by atoms with Gasteiger partial charge in [0.05, 0.1) is 10.9 Å². The molecule has 1 aliphatic carbocycles. The van der Waals surface area contributed by atoms with E-state index < -0.39 is 15.3 Å². The first-order valence-electron chi connectivity index (χ1n) is 6.76. The van der Waals surface area contributed by atoms with Crippen molar-refractivity contribution in [2.24, 2.45) is 0 Å². The molecule has 106 valence electrons. The van der Waals surface area contributed by atoms with Gasteiger partial charge in [-0.25, -0.2) is 8.42 Å². The largest absolute Gasteiger partial charge is 0.282 e. The molecular weight excluding hydrogens is 278 g/mol. The molecule has 1 aromatic carbocycles. The Bertz CT molecular complexity index is 520. The summed E-state index contributed by atoms with van der Waals surface area (Å²) >= 11 is 1.80. The van der Waals surface area contributed by atoms with E-state index in [1.54, 1.807) is 25.6 Å². The maximum Gasteiger partial charge on any atom is 0.235 e. The highest BCUT2D eigenvalue weighted by Crippen LogP contribution is 2.38. The van der Waals surface area contributed by atoms with Crippen LogP contribution in [0.4, 0.5) is 5.69 Å².